The molecule has 11 nitrogen and oxygen atoms in total. The van der Waals surface area contributed by atoms with E-state index in [0.29, 0.717) is 50.7 Å². The number of carbonyl (C=O) groups is 5. The van der Waals surface area contributed by atoms with Gasteiger partial charge in [0.1, 0.15) is 18.1 Å². The Bertz CT molecular complexity index is 1310. The number of fused-ring (bicyclic) bond motifs is 2. The van der Waals surface area contributed by atoms with Gasteiger partial charge in [0, 0.05) is 13.0 Å². The highest BCUT2D eigenvalue weighted by Gasteiger charge is 2.48. The van der Waals surface area contributed by atoms with Crippen LogP contribution < -0.4 is 15.4 Å². The molecule has 4 N–H and O–H groups in total. The van der Waals surface area contributed by atoms with E-state index in [1.807, 2.05) is 12.1 Å². The predicted octanol–water partition coefficient (Wildman–Crippen LogP) is 4.84. The van der Waals surface area contributed by atoms with Crippen molar-refractivity contribution in [2.24, 2.45) is 29.6 Å². The minimum Gasteiger partial charge on any atom is -0.482 e. The van der Waals surface area contributed by atoms with E-state index in [2.05, 4.69) is 23.6 Å². The van der Waals surface area contributed by atoms with Crippen molar-refractivity contribution >= 4 is 41.8 Å². The molecular weight excluding hydrogens is 660 g/mol. The van der Waals surface area contributed by atoms with Gasteiger partial charge in [0.2, 0.25) is 11.8 Å². The number of esters is 1. The van der Waals surface area contributed by atoms with E-state index in [-0.39, 0.29) is 53.9 Å². The van der Waals surface area contributed by atoms with E-state index in [0.717, 1.165) is 62.5 Å². The lowest BCUT2D eigenvalue weighted by atomic mass is 9.73. The zero-order valence-corrected chi connectivity index (χ0v) is 30.4. The molecule has 3 aliphatic carbocycles. The van der Waals surface area contributed by atoms with Gasteiger partial charge in [-0.05, 0) is 93.2 Å². The van der Waals surface area contributed by atoms with E-state index in [1.165, 1.54) is 11.8 Å². The molecule has 50 heavy (non-hydrogen) atoms. The Morgan fingerprint density at radius 3 is 2.54 bits per heavy atom. The van der Waals surface area contributed by atoms with Gasteiger partial charge in [0.05, 0.1) is 29.1 Å². The van der Waals surface area contributed by atoms with Gasteiger partial charge in [-0.2, -0.15) is 0 Å². The summed E-state index contributed by atoms with van der Waals surface area (Å²) >= 11 is 1.20. The SMILES string of the molecule is CCCCC[C@H](O)CC[C@@H]1[C@H]2Cc3cccc(OCC(=O)O)c3C[C@H]2C[C@H]1OC(=O)[C@@H]1CCCC[C@@H]1C(=O)NCSC(CC=O)C(=O)NCC. The number of aliphatic hydroxyl groups excluding tert-OH is 1. The number of aliphatic hydroxyl groups is 1. The number of amides is 2. The first-order chi connectivity index (χ1) is 24.2. The van der Waals surface area contributed by atoms with E-state index in [4.69, 9.17) is 9.47 Å². The predicted molar refractivity (Wildman–Crippen MR) is 191 cm³/mol. The van der Waals surface area contributed by atoms with Crippen molar-refractivity contribution in [1.82, 2.24) is 10.6 Å². The third-order valence-electron chi connectivity index (χ3n) is 10.8. The highest BCUT2D eigenvalue weighted by atomic mass is 32.2. The molecule has 2 fully saturated rings. The van der Waals surface area contributed by atoms with Crippen molar-refractivity contribution in [2.75, 3.05) is 19.0 Å². The second-order valence-electron chi connectivity index (χ2n) is 14.1. The number of aldehydes is 1. The Morgan fingerprint density at radius 2 is 1.82 bits per heavy atom. The van der Waals surface area contributed by atoms with Crippen molar-refractivity contribution in [3.05, 3.63) is 29.3 Å². The lowest BCUT2D eigenvalue weighted by Gasteiger charge is -2.33. The summed E-state index contributed by atoms with van der Waals surface area (Å²) in [5.41, 5.74) is 2.14. The van der Waals surface area contributed by atoms with Crippen LogP contribution in [0.5, 0.6) is 5.75 Å². The number of hydrogen-bond donors (Lipinski definition) is 4. The normalized spacial score (nSPS) is 25.3. The van der Waals surface area contributed by atoms with Crippen molar-refractivity contribution in [3.8, 4) is 5.75 Å². The maximum Gasteiger partial charge on any atom is 0.341 e. The number of carboxylic acids is 1. The van der Waals surface area contributed by atoms with Crippen LogP contribution in [0.3, 0.4) is 0 Å². The number of ether oxygens (including phenoxy) is 2. The minimum atomic E-state index is -1.03. The van der Waals surface area contributed by atoms with Crippen LogP contribution in [0.15, 0.2) is 18.2 Å². The fourth-order valence-corrected chi connectivity index (χ4v) is 9.16. The molecule has 0 saturated heterocycles. The van der Waals surface area contributed by atoms with Gasteiger partial charge in [-0.15, -0.1) is 11.8 Å². The van der Waals surface area contributed by atoms with Gasteiger partial charge in [0.25, 0.3) is 0 Å². The monoisotopic (exact) mass is 716 g/mol. The van der Waals surface area contributed by atoms with Crippen molar-refractivity contribution in [3.63, 3.8) is 0 Å². The van der Waals surface area contributed by atoms with Crippen LogP contribution in [0, 0.1) is 29.6 Å². The van der Waals surface area contributed by atoms with Crippen molar-refractivity contribution in [2.45, 2.75) is 121 Å². The summed E-state index contributed by atoms with van der Waals surface area (Å²) in [4.78, 5) is 62.0. The first-order valence-electron chi connectivity index (χ1n) is 18.6. The highest BCUT2D eigenvalue weighted by molar-refractivity contribution is 8.00. The number of carboxylic acid groups (broad SMARTS) is 1. The Labute approximate surface area is 300 Å². The fourth-order valence-electron chi connectivity index (χ4n) is 8.28. The maximum atomic E-state index is 14.0. The number of rotatable bonds is 20. The van der Waals surface area contributed by atoms with Crippen LogP contribution in [-0.2, 0) is 41.6 Å². The van der Waals surface area contributed by atoms with Crippen molar-refractivity contribution < 1.29 is 43.7 Å². The largest absolute Gasteiger partial charge is 0.482 e. The number of hydrogen-bond acceptors (Lipinski definition) is 9. The van der Waals surface area contributed by atoms with Gasteiger partial charge in [-0.3, -0.25) is 14.4 Å². The molecule has 1 unspecified atom stereocenters. The summed E-state index contributed by atoms with van der Waals surface area (Å²) in [6.07, 6.45) is 10.2. The van der Waals surface area contributed by atoms with Gasteiger partial charge >= 0.3 is 11.9 Å². The highest BCUT2D eigenvalue weighted by Crippen LogP contribution is 2.50. The molecule has 0 heterocycles. The van der Waals surface area contributed by atoms with Crippen LogP contribution in [0.4, 0.5) is 0 Å². The number of aliphatic carboxylic acids is 1. The second kappa shape index (κ2) is 20.1. The van der Waals surface area contributed by atoms with Crippen molar-refractivity contribution in [1.29, 1.82) is 0 Å². The van der Waals surface area contributed by atoms with Crippen LogP contribution in [-0.4, -0.2) is 76.7 Å². The number of unbranched alkanes of at least 4 members (excludes halogenated alkanes) is 2. The zero-order valence-electron chi connectivity index (χ0n) is 29.6. The van der Waals surface area contributed by atoms with Gasteiger partial charge in [-0.25, -0.2) is 4.79 Å². The molecule has 0 bridgehead atoms. The number of nitrogens with one attached hydrogen (secondary N) is 2. The Hall–Kier alpha value is -3.12. The maximum absolute atomic E-state index is 14.0. The average molecular weight is 717 g/mol. The smallest absolute Gasteiger partial charge is 0.341 e. The van der Waals surface area contributed by atoms with Gasteiger partial charge in [0.15, 0.2) is 6.61 Å². The Balaban J connectivity index is 1.44. The fraction of sp³-hybridized carbons (Fsp3) is 0.711. The van der Waals surface area contributed by atoms with Crippen LogP contribution in [0.2, 0.25) is 0 Å². The number of benzene rings is 1. The lowest BCUT2D eigenvalue weighted by molar-refractivity contribution is -0.162. The molecule has 12 heteroatoms. The topological polar surface area (TPSA) is 168 Å². The average Bonchev–Trinajstić information content (AvgIpc) is 3.43. The zero-order chi connectivity index (χ0) is 36.0. The van der Waals surface area contributed by atoms with Crippen LogP contribution in [0.1, 0.15) is 102 Å². The molecule has 0 radical (unpaired) electrons. The van der Waals surface area contributed by atoms with Gasteiger partial charge < -0.3 is 35.1 Å². The number of carbonyl (C=O) groups excluding carboxylic acids is 4. The lowest BCUT2D eigenvalue weighted by Crippen LogP contribution is -2.42. The second-order valence-corrected chi connectivity index (χ2v) is 15.3. The summed E-state index contributed by atoms with van der Waals surface area (Å²) in [5, 5.41) is 25.0. The summed E-state index contributed by atoms with van der Waals surface area (Å²) < 4.78 is 12.1. The first kappa shape index (κ1) is 39.7. The third kappa shape index (κ3) is 10.9. The molecule has 0 spiro atoms. The Morgan fingerprint density at radius 1 is 1.04 bits per heavy atom. The molecule has 3 aliphatic rings. The van der Waals surface area contributed by atoms with E-state index in [9.17, 15) is 34.2 Å². The molecule has 0 aromatic heterocycles. The Kier molecular flexibility index (Phi) is 15.9. The van der Waals surface area contributed by atoms with Crippen LogP contribution >= 0.6 is 11.8 Å². The standard InChI is InChI=1S/C38H56N2O9S/c1-3-5-6-11-26(42)15-16-27-30-19-24-10-9-14-32(48-22-35(43)44)31(24)20-25(30)21-33(27)49-38(47)29-13-8-7-12-28(29)36(45)40-23-50-34(17-18-41)37(46)39-4-2/h9-10,14,18,25-30,33-34,42H,3-8,11-13,15-17,19-23H2,1-2H3,(H,39,46)(H,40,45)(H,43,44)/t25-,26-,27+,28-,29+,30-,33+,34?/m0/s1. The summed E-state index contributed by atoms with van der Waals surface area (Å²) in [7, 11) is 0. The molecule has 1 aromatic carbocycles. The molecule has 278 valence electrons. The first-order valence-corrected chi connectivity index (χ1v) is 19.7. The van der Waals surface area contributed by atoms with Crippen LogP contribution in [0.25, 0.3) is 0 Å². The molecule has 2 amide bonds. The van der Waals surface area contributed by atoms with E-state index in [1.54, 1.807) is 6.92 Å². The summed E-state index contributed by atoms with van der Waals surface area (Å²) in [6.45, 7) is 3.98. The quantitative estimate of drug-likeness (QED) is 0.0634. The molecular formula is C38H56N2O9S. The summed E-state index contributed by atoms with van der Waals surface area (Å²) in [5.74, 6) is -1.72. The minimum absolute atomic E-state index is 0.0484. The molecule has 8 atom stereocenters. The van der Waals surface area contributed by atoms with E-state index >= 15 is 0 Å². The molecule has 1 aromatic rings. The molecule has 2 saturated carbocycles. The molecule has 0 aliphatic heterocycles. The van der Waals surface area contributed by atoms with Gasteiger partial charge in [-0.1, -0.05) is 51.2 Å². The third-order valence-corrected chi connectivity index (χ3v) is 11.9. The van der Waals surface area contributed by atoms with E-state index < -0.39 is 35.8 Å². The molecule has 4 rings (SSSR count). The number of thioether (sulfide) groups is 1. The summed E-state index contributed by atoms with van der Waals surface area (Å²) in [6, 6.07) is 5.77.